The zero-order valence-electron chi connectivity index (χ0n) is 18.4. The third-order valence-corrected chi connectivity index (χ3v) is 6.27. The molecule has 4 aromatic rings. The fourth-order valence-electron chi connectivity index (χ4n) is 3.57. The monoisotopic (exact) mass is 474 g/mol. The van der Waals surface area contributed by atoms with Crippen molar-refractivity contribution >= 4 is 34.3 Å². The molecule has 1 heterocycles. The average molecular weight is 475 g/mol. The van der Waals surface area contributed by atoms with Crippen LogP contribution in [-0.2, 0) is 16.1 Å². The summed E-state index contributed by atoms with van der Waals surface area (Å²) in [6, 6.07) is 23.4. The van der Waals surface area contributed by atoms with E-state index in [9.17, 15) is 14.0 Å². The van der Waals surface area contributed by atoms with Crippen LogP contribution in [0, 0.1) is 5.82 Å². The zero-order valence-corrected chi connectivity index (χ0v) is 19.2. The van der Waals surface area contributed by atoms with E-state index in [0.717, 1.165) is 21.9 Å². The summed E-state index contributed by atoms with van der Waals surface area (Å²) in [5.74, 6) is -0.751. The molecule has 0 aliphatic heterocycles. The molecule has 8 heteroatoms. The summed E-state index contributed by atoms with van der Waals surface area (Å²) >= 11 is 1.30. The van der Waals surface area contributed by atoms with Gasteiger partial charge in [0.25, 0.3) is 0 Å². The number of rotatable bonds is 9. The molecule has 0 aliphatic carbocycles. The predicted octanol–water partition coefficient (Wildman–Crippen LogP) is 4.43. The minimum atomic E-state index is -0.452. The lowest BCUT2D eigenvalue weighted by atomic mass is 10.1. The molecule has 6 nitrogen and oxygen atoms in total. The molecular formula is C26H23FN4O2S. The predicted molar refractivity (Wildman–Crippen MR) is 131 cm³/mol. The number of hydrogen-bond acceptors (Lipinski definition) is 5. The first kappa shape index (κ1) is 23.4. The number of aromatic nitrogens is 2. The molecule has 0 unspecified atom stereocenters. The van der Waals surface area contributed by atoms with Gasteiger partial charge in [0.15, 0.2) is 0 Å². The molecule has 2 amide bonds. The lowest BCUT2D eigenvalue weighted by molar-refractivity contribution is -0.129. The summed E-state index contributed by atoms with van der Waals surface area (Å²) in [7, 11) is 0. The van der Waals surface area contributed by atoms with Gasteiger partial charge < -0.3 is 10.6 Å². The molecule has 172 valence electrons. The van der Waals surface area contributed by atoms with E-state index in [2.05, 4.69) is 10.2 Å². The van der Waals surface area contributed by atoms with Crippen molar-refractivity contribution in [2.75, 3.05) is 12.3 Å². The second-order valence-electron chi connectivity index (χ2n) is 7.71. The molecule has 0 aliphatic rings. The van der Waals surface area contributed by atoms with Crippen LogP contribution in [0.15, 0.2) is 83.9 Å². The van der Waals surface area contributed by atoms with Gasteiger partial charge in [-0.15, -0.1) is 10.2 Å². The SMILES string of the molecule is NC(=O)CCN(Cc1ccccc1)C(=O)CSc1nnc(-c2ccc(F)cc2)c2ccccc12. The molecule has 1 aromatic heterocycles. The number of halogens is 1. The molecule has 0 saturated heterocycles. The normalized spacial score (nSPS) is 10.9. The highest BCUT2D eigenvalue weighted by Crippen LogP contribution is 2.32. The van der Waals surface area contributed by atoms with E-state index in [-0.39, 0.29) is 30.4 Å². The van der Waals surface area contributed by atoms with Crippen molar-refractivity contribution in [3.63, 3.8) is 0 Å². The average Bonchev–Trinajstić information content (AvgIpc) is 2.86. The number of carbonyl (C=O) groups is 2. The molecule has 0 saturated carbocycles. The Morgan fingerprint density at radius 1 is 0.882 bits per heavy atom. The van der Waals surface area contributed by atoms with Crippen LogP contribution in [-0.4, -0.2) is 39.2 Å². The molecule has 34 heavy (non-hydrogen) atoms. The van der Waals surface area contributed by atoms with Crippen molar-refractivity contribution < 1.29 is 14.0 Å². The standard InChI is InChI=1S/C26H23FN4O2S/c27-20-12-10-19(11-13-20)25-21-8-4-5-9-22(21)26(30-29-25)34-17-24(33)31(15-14-23(28)32)16-18-6-2-1-3-7-18/h1-13H,14-17H2,(H2,28,32). The maximum atomic E-state index is 13.4. The van der Waals surface area contributed by atoms with Crippen LogP contribution in [0.3, 0.4) is 0 Å². The van der Waals surface area contributed by atoms with E-state index >= 15 is 0 Å². The Morgan fingerprint density at radius 2 is 1.56 bits per heavy atom. The van der Waals surface area contributed by atoms with Gasteiger partial charge in [-0.3, -0.25) is 9.59 Å². The Bertz CT molecular complexity index is 1300. The summed E-state index contributed by atoms with van der Waals surface area (Å²) in [5, 5.41) is 11.1. The number of amides is 2. The Kier molecular flexibility index (Phi) is 7.49. The largest absolute Gasteiger partial charge is 0.370 e. The highest BCUT2D eigenvalue weighted by molar-refractivity contribution is 8.00. The van der Waals surface area contributed by atoms with Crippen molar-refractivity contribution in [2.24, 2.45) is 5.73 Å². The lowest BCUT2D eigenvalue weighted by Crippen LogP contribution is -2.34. The third kappa shape index (κ3) is 5.77. The molecule has 3 aromatic carbocycles. The van der Waals surface area contributed by atoms with Crippen LogP contribution < -0.4 is 5.73 Å². The number of nitrogens with zero attached hydrogens (tertiary/aromatic N) is 3. The quantitative estimate of drug-likeness (QED) is 0.363. The van der Waals surface area contributed by atoms with E-state index in [1.165, 1.54) is 23.9 Å². The first-order valence-corrected chi connectivity index (χ1v) is 11.7. The van der Waals surface area contributed by atoms with Gasteiger partial charge in [-0.2, -0.15) is 0 Å². The lowest BCUT2D eigenvalue weighted by Gasteiger charge is -2.22. The van der Waals surface area contributed by atoms with E-state index in [1.807, 2.05) is 54.6 Å². The van der Waals surface area contributed by atoms with Crippen LogP contribution in [0.4, 0.5) is 4.39 Å². The van der Waals surface area contributed by atoms with Gasteiger partial charge in [0, 0.05) is 35.8 Å². The number of fused-ring (bicyclic) bond motifs is 1. The maximum absolute atomic E-state index is 13.4. The smallest absolute Gasteiger partial charge is 0.233 e. The van der Waals surface area contributed by atoms with Crippen LogP contribution in [0.1, 0.15) is 12.0 Å². The van der Waals surface area contributed by atoms with Crippen LogP contribution in [0.25, 0.3) is 22.0 Å². The molecule has 4 rings (SSSR count). The Balaban J connectivity index is 1.54. The topological polar surface area (TPSA) is 89.2 Å². The van der Waals surface area contributed by atoms with E-state index in [0.29, 0.717) is 17.3 Å². The molecule has 2 N–H and O–H groups in total. The molecular weight excluding hydrogens is 451 g/mol. The third-order valence-electron chi connectivity index (χ3n) is 5.30. The molecule has 0 bridgehead atoms. The van der Waals surface area contributed by atoms with Gasteiger partial charge in [0.2, 0.25) is 11.8 Å². The summed E-state index contributed by atoms with van der Waals surface area (Å²) in [4.78, 5) is 26.0. The first-order chi connectivity index (χ1) is 16.5. The Morgan fingerprint density at radius 3 is 2.26 bits per heavy atom. The van der Waals surface area contributed by atoms with Gasteiger partial charge in [0.05, 0.1) is 5.75 Å². The number of nitrogens with two attached hydrogens (primary N) is 1. The molecule has 0 radical (unpaired) electrons. The van der Waals surface area contributed by atoms with Crippen LogP contribution in [0.2, 0.25) is 0 Å². The highest BCUT2D eigenvalue weighted by atomic mass is 32.2. The number of thioether (sulfide) groups is 1. The van der Waals surface area contributed by atoms with Gasteiger partial charge in [-0.1, -0.05) is 66.4 Å². The van der Waals surface area contributed by atoms with E-state index in [4.69, 9.17) is 5.73 Å². The van der Waals surface area contributed by atoms with Gasteiger partial charge in [-0.25, -0.2) is 4.39 Å². The van der Waals surface area contributed by atoms with E-state index < -0.39 is 5.91 Å². The summed E-state index contributed by atoms with van der Waals surface area (Å²) < 4.78 is 13.4. The second-order valence-corrected chi connectivity index (χ2v) is 8.68. The number of hydrogen-bond donors (Lipinski definition) is 1. The second kappa shape index (κ2) is 10.9. The first-order valence-electron chi connectivity index (χ1n) is 10.8. The van der Waals surface area contributed by atoms with Crippen molar-refractivity contribution in [3.05, 3.63) is 90.2 Å². The van der Waals surface area contributed by atoms with Crippen molar-refractivity contribution in [1.82, 2.24) is 15.1 Å². The molecule has 0 spiro atoms. The molecule has 0 fully saturated rings. The highest BCUT2D eigenvalue weighted by Gasteiger charge is 2.18. The minimum absolute atomic E-state index is 0.0956. The summed E-state index contributed by atoms with van der Waals surface area (Å²) in [6.45, 7) is 0.642. The summed E-state index contributed by atoms with van der Waals surface area (Å²) in [5.41, 5.74) is 7.70. The van der Waals surface area contributed by atoms with Gasteiger partial charge in [0.1, 0.15) is 16.5 Å². The number of carbonyl (C=O) groups excluding carboxylic acids is 2. The van der Waals surface area contributed by atoms with Gasteiger partial charge >= 0.3 is 0 Å². The van der Waals surface area contributed by atoms with Crippen LogP contribution in [0.5, 0.6) is 0 Å². The minimum Gasteiger partial charge on any atom is -0.370 e. The fourth-order valence-corrected chi connectivity index (χ4v) is 4.44. The van der Waals surface area contributed by atoms with E-state index in [1.54, 1.807) is 17.0 Å². The number of primary amides is 1. The van der Waals surface area contributed by atoms with Crippen molar-refractivity contribution in [3.8, 4) is 11.3 Å². The Hall–Kier alpha value is -3.78. The summed E-state index contributed by atoms with van der Waals surface area (Å²) in [6.07, 6.45) is 0.0956. The van der Waals surface area contributed by atoms with Gasteiger partial charge in [-0.05, 0) is 29.8 Å². The Labute approximate surface area is 201 Å². The van der Waals surface area contributed by atoms with Crippen molar-refractivity contribution in [2.45, 2.75) is 18.0 Å². The fraction of sp³-hybridized carbons (Fsp3) is 0.154. The molecule has 0 atom stereocenters. The van der Waals surface area contributed by atoms with Crippen molar-refractivity contribution in [1.29, 1.82) is 0 Å². The number of benzene rings is 3. The maximum Gasteiger partial charge on any atom is 0.233 e. The van der Waals surface area contributed by atoms with Crippen LogP contribution >= 0.6 is 11.8 Å². The zero-order chi connectivity index (χ0) is 23.9.